The lowest BCUT2D eigenvalue weighted by atomic mass is 10.2. The quantitative estimate of drug-likeness (QED) is 0.443. The van der Waals surface area contributed by atoms with E-state index in [9.17, 15) is 9.59 Å². The molecule has 9 heteroatoms. The summed E-state index contributed by atoms with van der Waals surface area (Å²) in [4.78, 5) is 26.7. The first-order chi connectivity index (χ1) is 15.0. The van der Waals surface area contributed by atoms with Crippen molar-refractivity contribution in [1.29, 1.82) is 0 Å². The lowest BCUT2D eigenvalue weighted by Crippen LogP contribution is -2.32. The number of carbonyl (C=O) groups excluding carboxylic acids is 2. The van der Waals surface area contributed by atoms with Crippen LogP contribution in [-0.4, -0.2) is 50.0 Å². The van der Waals surface area contributed by atoms with Crippen molar-refractivity contribution in [2.45, 2.75) is 6.92 Å². The molecule has 1 fully saturated rings. The molecule has 7 nitrogen and oxygen atoms in total. The summed E-state index contributed by atoms with van der Waals surface area (Å²) in [5.74, 6) is 1.91. The highest BCUT2D eigenvalue weighted by atomic mass is 79.9. The molecule has 1 aliphatic heterocycles. The number of benzene rings is 2. The van der Waals surface area contributed by atoms with Crippen molar-refractivity contribution >= 4 is 44.9 Å². The average Bonchev–Trinajstić information content (AvgIpc) is 3.01. The Bertz CT molecular complexity index is 1010. The van der Waals surface area contributed by atoms with Gasteiger partial charge < -0.3 is 18.9 Å². The van der Waals surface area contributed by atoms with Gasteiger partial charge in [-0.3, -0.25) is 14.5 Å². The number of hydrogen-bond acceptors (Lipinski definition) is 7. The lowest BCUT2D eigenvalue weighted by Gasteiger charge is -2.14. The number of halogens is 1. The van der Waals surface area contributed by atoms with Crippen LogP contribution in [0.25, 0.3) is 6.08 Å². The van der Waals surface area contributed by atoms with Crippen LogP contribution in [0.3, 0.4) is 0 Å². The summed E-state index contributed by atoms with van der Waals surface area (Å²) in [5.41, 5.74) is 0.715. The number of carbonyl (C=O) groups is 2. The zero-order valence-corrected chi connectivity index (χ0v) is 19.7. The molecule has 2 aromatic carbocycles. The fraction of sp³-hybridized carbons (Fsp3) is 0.273. The fourth-order valence-corrected chi connectivity index (χ4v) is 4.45. The number of methoxy groups -OCH3 is 2. The van der Waals surface area contributed by atoms with E-state index in [2.05, 4.69) is 15.9 Å². The van der Waals surface area contributed by atoms with Crippen LogP contribution in [0.15, 0.2) is 45.8 Å². The molecule has 2 aromatic rings. The second kappa shape index (κ2) is 10.6. The second-order valence-electron chi connectivity index (χ2n) is 6.30. The minimum Gasteiger partial charge on any atom is -0.493 e. The van der Waals surface area contributed by atoms with Crippen molar-refractivity contribution in [3.8, 4) is 23.0 Å². The topological polar surface area (TPSA) is 74.3 Å². The smallest absolute Gasteiger partial charge is 0.293 e. The number of rotatable bonds is 9. The Kier molecular flexibility index (Phi) is 7.86. The Morgan fingerprint density at radius 2 is 1.77 bits per heavy atom. The van der Waals surface area contributed by atoms with Crippen LogP contribution in [0, 0.1) is 0 Å². The van der Waals surface area contributed by atoms with E-state index < -0.39 is 0 Å². The summed E-state index contributed by atoms with van der Waals surface area (Å²) in [6.07, 6.45) is 1.67. The maximum absolute atomic E-state index is 12.8. The first kappa shape index (κ1) is 23.0. The Hall–Kier alpha value is -2.65. The summed E-state index contributed by atoms with van der Waals surface area (Å²) in [6, 6.07) is 10.8. The zero-order valence-electron chi connectivity index (χ0n) is 17.3. The van der Waals surface area contributed by atoms with Gasteiger partial charge in [-0.2, -0.15) is 0 Å². The second-order valence-corrected chi connectivity index (χ2v) is 8.15. The van der Waals surface area contributed by atoms with Gasteiger partial charge in [-0.25, -0.2) is 0 Å². The molecular formula is C22H22BrNO6S. The average molecular weight is 508 g/mol. The number of nitrogens with zero attached hydrogens (tertiary/aromatic N) is 1. The predicted octanol–water partition coefficient (Wildman–Crippen LogP) is 4.98. The van der Waals surface area contributed by atoms with Gasteiger partial charge in [-0.05, 0) is 70.5 Å². The van der Waals surface area contributed by atoms with Crippen LogP contribution in [0.4, 0.5) is 4.79 Å². The van der Waals surface area contributed by atoms with Crippen LogP contribution in [0.2, 0.25) is 0 Å². The summed E-state index contributed by atoms with van der Waals surface area (Å²) < 4.78 is 22.6. The molecule has 0 aliphatic carbocycles. The van der Waals surface area contributed by atoms with Gasteiger partial charge >= 0.3 is 0 Å². The molecule has 0 aromatic heterocycles. The van der Waals surface area contributed by atoms with E-state index in [1.54, 1.807) is 44.6 Å². The summed E-state index contributed by atoms with van der Waals surface area (Å²) in [5, 5.41) is -0.336. The van der Waals surface area contributed by atoms with Crippen molar-refractivity contribution < 1.29 is 28.5 Å². The lowest BCUT2D eigenvalue weighted by molar-refractivity contribution is -0.123. The predicted molar refractivity (Wildman–Crippen MR) is 123 cm³/mol. The minimum atomic E-state index is -0.358. The fourth-order valence-electron chi connectivity index (χ4n) is 2.96. The van der Waals surface area contributed by atoms with E-state index in [1.807, 2.05) is 19.1 Å². The van der Waals surface area contributed by atoms with Crippen LogP contribution < -0.4 is 18.9 Å². The van der Waals surface area contributed by atoms with E-state index in [1.165, 1.54) is 4.90 Å². The van der Waals surface area contributed by atoms with E-state index >= 15 is 0 Å². The van der Waals surface area contributed by atoms with E-state index in [-0.39, 0.29) is 24.3 Å². The molecule has 0 saturated carbocycles. The minimum absolute atomic E-state index is 0.135. The van der Waals surface area contributed by atoms with Gasteiger partial charge in [0.05, 0.1) is 36.7 Å². The molecule has 2 amide bonds. The van der Waals surface area contributed by atoms with E-state index in [4.69, 9.17) is 18.9 Å². The molecule has 31 heavy (non-hydrogen) atoms. The third-order valence-corrected chi connectivity index (χ3v) is 5.85. The highest BCUT2D eigenvalue weighted by Gasteiger charge is 2.35. The summed E-state index contributed by atoms with van der Waals surface area (Å²) in [7, 11) is 3.11. The third kappa shape index (κ3) is 5.34. The van der Waals surface area contributed by atoms with Crippen molar-refractivity contribution in [3.63, 3.8) is 0 Å². The molecule has 3 rings (SSSR count). The van der Waals surface area contributed by atoms with Crippen LogP contribution in [-0.2, 0) is 4.79 Å². The van der Waals surface area contributed by atoms with Gasteiger partial charge in [0, 0.05) is 0 Å². The standard InChI is InChI=1S/C22H22BrNO6S/c1-4-29-18-12-14(11-15(23)20(18)28-3)13-19-21(25)24(22(26)31-19)9-10-30-17-8-6-5-7-16(17)27-2/h5-8,11-13H,4,9-10H2,1-3H3/b19-13-. The molecule has 1 heterocycles. The molecule has 0 bridgehead atoms. The van der Waals surface area contributed by atoms with Crippen molar-refractivity contribution in [1.82, 2.24) is 4.90 Å². The number of hydrogen-bond donors (Lipinski definition) is 0. The Labute approximate surface area is 193 Å². The monoisotopic (exact) mass is 507 g/mol. The molecule has 0 radical (unpaired) electrons. The van der Waals surface area contributed by atoms with Crippen molar-refractivity contribution in [2.24, 2.45) is 0 Å². The molecule has 0 unspecified atom stereocenters. The third-order valence-electron chi connectivity index (χ3n) is 4.35. The Balaban J connectivity index is 1.72. The number of ether oxygens (including phenoxy) is 4. The van der Waals surface area contributed by atoms with Gasteiger partial charge in [0.1, 0.15) is 6.61 Å². The maximum atomic E-state index is 12.8. The summed E-state index contributed by atoms with van der Waals surface area (Å²) >= 11 is 4.35. The molecule has 1 aliphatic rings. The summed E-state index contributed by atoms with van der Waals surface area (Å²) in [6.45, 7) is 2.64. The SMILES string of the molecule is CCOc1cc(/C=C2\SC(=O)N(CCOc3ccccc3OC)C2=O)cc(Br)c1OC. The molecule has 0 spiro atoms. The largest absolute Gasteiger partial charge is 0.493 e. The Morgan fingerprint density at radius 1 is 1.03 bits per heavy atom. The normalized spacial score (nSPS) is 14.8. The van der Waals surface area contributed by atoms with Gasteiger partial charge in [-0.15, -0.1) is 0 Å². The Morgan fingerprint density at radius 3 is 2.45 bits per heavy atom. The molecule has 1 saturated heterocycles. The number of amides is 2. The van der Waals surface area contributed by atoms with Gasteiger partial charge in [0.2, 0.25) is 0 Å². The highest BCUT2D eigenvalue weighted by Crippen LogP contribution is 2.39. The molecule has 164 valence electrons. The molecule has 0 atom stereocenters. The van der Waals surface area contributed by atoms with Crippen LogP contribution in [0.5, 0.6) is 23.0 Å². The molecular weight excluding hydrogens is 486 g/mol. The van der Waals surface area contributed by atoms with Gasteiger partial charge in [0.25, 0.3) is 11.1 Å². The van der Waals surface area contributed by atoms with Gasteiger partial charge in [0.15, 0.2) is 23.0 Å². The van der Waals surface area contributed by atoms with Gasteiger partial charge in [-0.1, -0.05) is 12.1 Å². The highest BCUT2D eigenvalue weighted by molar-refractivity contribution is 9.10. The number of para-hydroxylation sites is 2. The number of imide groups is 1. The first-order valence-corrected chi connectivity index (χ1v) is 11.1. The van der Waals surface area contributed by atoms with Crippen molar-refractivity contribution in [2.75, 3.05) is 34.0 Å². The van der Waals surface area contributed by atoms with E-state index in [0.717, 1.165) is 11.8 Å². The zero-order chi connectivity index (χ0) is 22.4. The van der Waals surface area contributed by atoms with Crippen LogP contribution in [0.1, 0.15) is 12.5 Å². The maximum Gasteiger partial charge on any atom is 0.293 e. The molecule has 0 N–H and O–H groups in total. The van der Waals surface area contributed by atoms with Crippen molar-refractivity contribution in [3.05, 3.63) is 51.3 Å². The van der Waals surface area contributed by atoms with E-state index in [0.29, 0.717) is 44.5 Å². The number of thioether (sulfide) groups is 1. The first-order valence-electron chi connectivity index (χ1n) is 9.50. The van der Waals surface area contributed by atoms with Crippen LogP contribution >= 0.6 is 27.7 Å².